The Balaban J connectivity index is 0.000000234. The summed E-state index contributed by atoms with van der Waals surface area (Å²) in [4.78, 5) is 139. The number of aromatic nitrogens is 6. The number of hydrogen-bond donors (Lipinski definition) is 9. The predicted octanol–water partition coefficient (Wildman–Crippen LogP) is -2.98. The van der Waals surface area contributed by atoms with Gasteiger partial charge in [-0.25, -0.2) is 24.2 Å². The molecule has 3 aromatic rings. The number of esters is 2. The van der Waals surface area contributed by atoms with Crippen molar-refractivity contribution in [3.8, 4) is 0 Å². The second kappa shape index (κ2) is 29.3. The maximum Gasteiger partial charge on any atom is 0.373 e. The molecule has 0 aromatic carbocycles. The van der Waals surface area contributed by atoms with Gasteiger partial charge < -0.3 is 64.2 Å². The minimum Gasteiger partial charge on any atom is -0.469 e. The van der Waals surface area contributed by atoms with E-state index < -0.39 is 111 Å². The summed E-state index contributed by atoms with van der Waals surface area (Å²) in [6.07, 6.45) is 2.20. The van der Waals surface area contributed by atoms with Crippen LogP contribution in [0.1, 0.15) is 84.5 Å². The first-order valence-corrected chi connectivity index (χ1v) is 25.5. The third-order valence-electron chi connectivity index (χ3n) is 15.1. The molecule has 83 heavy (non-hydrogen) atoms. The first-order chi connectivity index (χ1) is 39.1. The molecule has 9 N–H and O–H groups in total. The van der Waals surface area contributed by atoms with Crippen LogP contribution in [-0.4, -0.2) is 175 Å². The lowest BCUT2D eigenvalue weighted by molar-refractivity contribution is -0.354. The number of aromatic amines is 3. The predicted molar refractivity (Wildman–Crippen MR) is 280 cm³/mol. The number of hydrogen-bond acceptors (Lipinski definition) is 25. The van der Waals surface area contributed by atoms with Crippen LogP contribution in [-0.2, 0) is 62.2 Å². The molecule has 0 bridgehead atoms. The van der Waals surface area contributed by atoms with Gasteiger partial charge in [0.15, 0.2) is 6.23 Å². The number of ether oxygens (including phenoxy) is 6. The Kier molecular flexibility index (Phi) is 24.0. The van der Waals surface area contributed by atoms with Crippen molar-refractivity contribution < 1.29 is 87.7 Å². The zero-order valence-electron chi connectivity index (χ0n) is 47.1. The monoisotopic (exact) mass is 1180 g/mol. The Morgan fingerprint density at radius 3 is 1.57 bits per heavy atom. The van der Waals surface area contributed by atoms with E-state index in [1.165, 1.54) is 65.8 Å². The van der Waals surface area contributed by atoms with Crippen molar-refractivity contribution in [2.45, 2.75) is 117 Å². The van der Waals surface area contributed by atoms with Crippen molar-refractivity contribution in [2.75, 3.05) is 61.0 Å². The number of aliphatic hydroxyl groups is 5. The fraction of sp³-hybridized carbons (Fsp3) is 0.608. The van der Waals surface area contributed by atoms with Gasteiger partial charge in [0.1, 0.15) is 24.5 Å². The third kappa shape index (κ3) is 15.3. The zero-order valence-corrected chi connectivity index (χ0v) is 47.1. The van der Waals surface area contributed by atoms with Crippen LogP contribution in [0.3, 0.4) is 0 Å². The van der Waals surface area contributed by atoms with Crippen molar-refractivity contribution in [3.05, 3.63) is 123 Å². The van der Waals surface area contributed by atoms with E-state index in [0.29, 0.717) is 36.4 Å². The number of nitrogens with one attached hydrogen (secondary N) is 4. The van der Waals surface area contributed by atoms with Gasteiger partial charge in [-0.1, -0.05) is 20.4 Å². The average Bonchev–Trinajstić information content (AvgIpc) is 2.89. The SMILES string of the molecule is C=C1NC(=O)C(C)=CN1C(OOC)[C@@]1(C)CCO[C@@H]1CO.COC(=O)[C@@]1(C)C[C@@H](n2cc(C)c(=O)[nH]c2=O)O[C@@H]1CO.COC(=O)[C@@]1(C)C[C@@H](n2ccc(=O)[nH]c2=O)O[C@@H]1CO.C[C@@]1(CO)C[C@@H](n2ccc(=O)[nH]c2=O)O[C@@H]1CO.O=C=O. The van der Waals surface area contributed by atoms with Crippen molar-refractivity contribution in [1.82, 2.24) is 38.9 Å². The van der Waals surface area contributed by atoms with E-state index in [2.05, 4.69) is 26.8 Å². The van der Waals surface area contributed by atoms with Gasteiger partial charge >= 0.3 is 35.2 Å². The molecule has 32 heteroatoms. The van der Waals surface area contributed by atoms with Gasteiger partial charge in [-0.05, 0) is 34.1 Å². The molecule has 3 aromatic heterocycles. The first kappa shape index (κ1) is 68.2. The molecule has 4 saturated heterocycles. The molecule has 4 fully saturated rings. The van der Waals surface area contributed by atoms with Gasteiger partial charge in [-0.2, -0.15) is 9.59 Å². The largest absolute Gasteiger partial charge is 0.469 e. The van der Waals surface area contributed by atoms with Crippen LogP contribution in [0, 0.1) is 28.6 Å². The van der Waals surface area contributed by atoms with Crippen molar-refractivity contribution in [1.29, 1.82) is 0 Å². The number of carbonyl (C=O) groups excluding carboxylic acids is 5. The minimum absolute atomic E-state index is 0.116. The Morgan fingerprint density at radius 1 is 0.699 bits per heavy atom. The van der Waals surface area contributed by atoms with Crippen molar-refractivity contribution >= 4 is 24.0 Å². The van der Waals surface area contributed by atoms with Crippen LogP contribution in [0.25, 0.3) is 0 Å². The zero-order chi connectivity index (χ0) is 62.4. The second-order valence-electron chi connectivity index (χ2n) is 20.7. The Bertz CT molecular complexity index is 3200. The molecular formula is C51H72N8O24. The number of nitrogens with zero attached hydrogens (tertiary/aromatic N) is 4. The molecule has 5 aliphatic heterocycles. The lowest BCUT2D eigenvalue weighted by Gasteiger charge is -2.43. The highest BCUT2D eigenvalue weighted by Gasteiger charge is 2.54. The van der Waals surface area contributed by atoms with E-state index >= 15 is 0 Å². The normalized spacial score (nSPS) is 29.2. The lowest BCUT2D eigenvalue weighted by Crippen LogP contribution is -2.54. The highest BCUT2D eigenvalue weighted by atomic mass is 17.2. The highest BCUT2D eigenvalue weighted by molar-refractivity contribution is 5.94. The van der Waals surface area contributed by atoms with E-state index in [0.717, 1.165) is 0 Å². The molecule has 5 aliphatic rings. The molecule has 0 saturated carbocycles. The molecular weight excluding hydrogens is 1110 g/mol. The summed E-state index contributed by atoms with van der Waals surface area (Å²) < 4.78 is 35.4. The molecule has 8 rings (SSSR count). The summed E-state index contributed by atoms with van der Waals surface area (Å²) in [5.41, 5.74) is -5.61. The maximum absolute atomic E-state index is 11.9. The number of H-pyrrole nitrogens is 3. The van der Waals surface area contributed by atoms with Crippen LogP contribution in [0.15, 0.2) is 83.7 Å². The molecule has 0 spiro atoms. The van der Waals surface area contributed by atoms with Gasteiger partial charge in [0.2, 0.25) is 0 Å². The summed E-state index contributed by atoms with van der Waals surface area (Å²) in [5, 5.41) is 49.6. The summed E-state index contributed by atoms with van der Waals surface area (Å²) >= 11 is 0. The van der Waals surface area contributed by atoms with Crippen LogP contribution in [0.4, 0.5) is 0 Å². The standard InChI is InChI=1S/C14H22N2O5.C13H18N2O6.C12H16N2O6.C11H16N2O5.CO2/c1-9-7-16(10(2)15-12(9)18)13(21-19-4)14(3)5-6-20-11(14)8-17;1-7-5-15(12(19)14-10(7)17)9-4-13(2,11(18)20-3)8(6-16)21-9;1-12(10(17)19-2)5-9(20-7(12)6-15)14-4-3-8(16)13-11(14)18;1-11(6-15)4-9(18-7(11)5-14)13-3-2-8(16)12-10(13)17;2-1-3/h7,11,13,17H,2,5-6,8H2,1,3-4H3,(H,15,18);5,8-9,16H,4,6H2,1-3H3,(H,14,17,19);3-4,7,9,15H,5-6H2,1-2H3,(H,13,16,18);2-3,7,9,14-15H,4-6H2,1H3,(H,12,16,17);/t11-,13?,14+;8-,9+,13+;7-,9+,12+;7-,9+,11+;/m1111./s1. The molecule has 1 amide bonds. The number of aryl methyl sites for hydroxylation is 1. The maximum atomic E-state index is 11.9. The molecule has 0 radical (unpaired) electrons. The summed E-state index contributed by atoms with van der Waals surface area (Å²) in [5.74, 6) is -0.828. The summed E-state index contributed by atoms with van der Waals surface area (Å²) in [6, 6.07) is 2.42. The molecule has 1 unspecified atom stereocenters. The van der Waals surface area contributed by atoms with Crippen LogP contribution < -0.4 is 39.1 Å². The molecule has 32 nitrogen and oxygen atoms in total. The minimum atomic E-state index is -1.06. The quantitative estimate of drug-likeness (QED) is 0.0442. The summed E-state index contributed by atoms with van der Waals surface area (Å²) in [6.45, 7) is 13.4. The van der Waals surface area contributed by atoms with Gasteiger partial charge in [-0.15, -0.1) is 0 Å². The molecule has 8 heterocycles. The Morgan fingerprint density at radius 2 is 1.14 bits per heavy atom. The van der Waals surface area contributed by atoms with E-state index in [9.17, 15) is 68.7 Å². The third-order valence-corrected chi connectivity index (χ3v) is 15.1. The smallest absolute Gasteiger partial charge is 0.373 e. The Labute approximate surface area is 471 Å². The van der Waals surface area contributed by atoms with Crippen LogP contribution >= 0.6 is 0 Å². The fourth-order valence-electron chi connectivity index (χ4n) is 9.84. The van der Waals surface area contributed by atoms with E-state index in [1.54, 1.807) is 45.7 Å². The number of aliphatic hydroxyl groups excluding tert-OH is 5. The number of rotatable bonds is 14. The average molecular weight is 1180 g/mol. The van der Waals surface area contributed by atoms with Crippen LogP contribution in [0.2, 0.25) is 0 Å². The van der Waals surface area contributed by atoms with E-state index in [1.807, 2.05) is 6.92 Å². The van der Waals surface area contributed by atoms with Crippen molar-refractivity contribution in [2.24, 2.45) is 21.7 Å². The highest BCUT2D eigenvalue weighted by Crippen LogP contribution is 2.46. The van der Waals surface area contributed by atoms with Crippen molar-refractivity contribution in [3.63, 3.8) is 0 Å². The van der Waals surface area contributed by atoms with E-state index in [-0.39, 0.29) is 64.0 Å². The van der Waals surface area contributed by atoms with Crippen LogP contribution in [0.5, 0.6) is 0 Å². The molecule has 460 valence electrons. The number of carbonyl (C=O) groups is 3. The summed E-state index contributed by atoms with van der Waals surface area (Å²) in [7, 11) is 3.93. The van der Waals surface area contributed by atoms with Gasteiger partial charge in [0, 0.05) is 84.8 Å². The second-order valence-corrected chi connectivity index (χ2v) is 20.7. The van der Waals surface area contributed by atoms with Gasteiger partial charge in [-0.3, -0.25) is 57.4 Å². The van der Waals surface area contributed by atoms with Gasteiger partial charge in [0.25, 0.3) is 22.6 Å². The fourth-order valence-corrected chi connectivity index (χ4v) is 9.84. The molecule has 12 atom stereocenters. The Hall–Kier alpha value is -7.33. The number of amides is 1. The van der Waals surface area contributed by atoms with Gasteiger partial charge in [0.05, 0.1) is 89.6 Å². The molecule has 0 aliphatic carbocycles. The first-order valence-electron chi connectivity index (χ1n) is 25.5. The van der Waals surface area contributed by atoms with E-state index in [4.69, 9.17) is 47.8 Å². The number of methoxy groups -OCH3 is 2. The topological polar surface area (TPSA) is 440 Å². The lowest BCUT2D eigenvalue weighted by atomic mass is 9.80.